The zero-order valence-electron chi connectivity index (χ0n) is 16.1. The van der Waals surface area contributed by atoms with Crippen LogP contribution in [0.25, 0.3) is 5.69 Å². The molecule has 0 saturated carbocycles. The maximum absolute atomic E-state index is 13.1. The Bertz CT molecular complexity index is 907. The highest BCUT2D eigenvalue weighted by molar-refractivity contribution is 5.99. The lowest BCUT2D eigenvalue weighted by Gasteiger charge is -2.22. The molecule has 27 heavy (non-hydrogen) atoms. The average Bonchev–Trinajstić information content (AvgIpc) is 3.32. The van der Waals surface area contributed by atoms with Gasteiger partial charge in [-0.2, -0.15) is 5.26 Å². The van der Waals surface area contributed by atoms with Crippen LogP contribution in [-0.4, -0.2) is 47.1 Å². The summed E-state index contributed by atoms with van der Waals surface area (Å²) in [4.78, 5) is 15.4. The van der Waals surface area contributed by atoms with Crippen LogP contribution >= 0.6 is 0 Å². The van der Waals surface area contributed by atoms with Crippen LogP contribution in [0, 0.1) is 25.2 Å². The number of carbonyl (C=O) groups is 1. The van der Waals surface area contributed by atoms with Gasteiger partial charge in [0, 0.05) is 41.8 Å². The molecule has 0 radical (unpaired) electrons. The molecular formula is C22H25N3O2. The summed E-state index contributed by atoms with van der Waals surface area (Å²) in [7, 11) is 1.77. The number of rotatable bonds is 5. The molecule has 2 saturated heterocycles. The van der Waals surface area contributed by atoms with E-state index in [-0.39, 0.29) is 11.9 Å². The van der Waals surface area contributed by atoms with Gasteiger partial charge in [-0.05, 0) is 63.4 Å². The van der Waals surface area contributed by atoms with E-state index in [9.17, 15) is 4.79 Å². The van der Waals surface area contributed by atoms with Gasteiger partial charge in [0.2, 0.25) is 0 Å². The van der Waals surface area contributed by atoms with Crippen LogP contribution in [0.4, 0.5) is 0 Å². The third-order valence-corrected chi connectivity index (χ3v) is 6.24. The molecule has 2 aliphatic rings. The maximum Gasteiger partial charge on any atom is 0.178 e. The molecule has 0 amide bonds. The summed E-state index contributed by atoms with van der Waals surface area (Å²) in [6.07, 6.45) is 3.60. The quantitative estimate of drug-likeness (QED) is 0.764. The normalized spacial score (nSPS) is 24.3. The second-order valence-electron chi connectivity index (χ2n) is 7.68. The van der Waals surface area contributed by atoms with Gasteiger partial charge in [0.1, 0.15) is 0 Å². The van der Waals surface area contributed by atoms with Gasteiger partial charge in [-0.25, -0.2) is 0 Å². The summed E-state index contributed by atoms with van der Waals surface area (Å²) in [5.74, 6) is 0.177. The molecule has 0 N–H and O–H groups in total. The fourth-order valence-electron chi connectivity index (χ4n) is 4.92. The Labute approximate surface area is 160 Å². The number of methoxy groups -OCH3 is 1. The zero-order chi connectivity index (χ0) is 19.1. The number of Topliss-reactive ketones (excluding diaryl/α,β-unsaturated/α-hetero) is 1. The molecule has 0 aliphatic carbocycles. The topological polar surface area (TPSA) is 58.3 Å². The van der Waals surface area contributed by atoms with E-state index >= 15 is 0 Å². The van der Waals surface area contributed by atoms with E-state index in [1.165, 1.54) is 6.42 Å². The van der Waals surface area contributed by atoms with Crippen molar-refractivity contribution >= 4 is 5.78 Å². The van der Waals surface area contributed by atoms with Crippen LogP contribution in [0.2, 0.25) is 0 Å². The lowest BCUT2D eigenvalue weighted by molar-refractivity contribution is 0.0643. The number of aryl methyl sites for hydroxylation is 1. The molecule has 1 aromatic carbocycles. The Balaban J connectivity index is 1.58. The molecule has 3 atom stereocenters. The first kappa shape index (κ1) is 18.0. The van der Waals surface area contributed by atoms with Crippen LogP contribution in [0.3, 0.4) is 0 Å². The molecule has 5 heteroatoms. The molecule has 5 nitrogen and oxygen atoms in total. The fourth-order valence-corrected chi connectivity index (χ4v) is 4.92. The summed E-state index contributed by atoms with van der Waals surface area (Å²) < 4.78 is 7.69. The molecule has 2 unspecified atom stereocenters. The number of nitriles is 1. The maximum atomic E-state index is 13.1. The SMILES string of the molecule is CO[C@H]1CC2CCC1N2CC(=O)c1cc(C)n(-c2ccc(C#N)cc2)c1C. The summed E-state index contributed by atoms with van der Waals surface area (Å²) in [5.41, 5.74) is 4.38. The van der Waals surface area contributed by atoms with Gasteiger partial charge in [0.15, 0.2) is 5.78 Å². The Morgan fingerprint density at radius 3 is 2.63 bits per heavy atom. The van der Waals surface area contributed by atoms with Gasteiger partial charge < -0.3 is 9.30 Å². The lowest BCUT2D eigenvalue weighted by Crippen LogP contribution is -2.37. The van der Waals surface area contributed by atoms with Gasteiger partial charge >= 0.3 is 0 Å². The van der Waals surface area contributed by atoms with Crippen molar-refractivity contribution in [1.82, 2.24) is 9.47 Å². The molecule has 2 bridgehead atoms. The monoisotopic (exact) mass is 363 g/mol. The number of ketones is 1. The first-order chi connectivity index (χ1) is 13.0. The predicted molar refractivity (Wildman–Crippen MR) is 103 cm³/mol. The number of aromatic nitrogens is 1. The van der Waals surface area contributed by atoms with Crippen molar-refractivity contribution in [2.24, 2.45) is 0 Å². The lowest BCUT2D eigenvalue weighted by atomic mass is 9.98. The summed E-state index contributed by atoms with van der Waals surface area (Å²) in [5, 5.41) is 8.99. The number of fused-ring (bicyclic) bond motifs is 2. The van der Waals surface area contributed by atoms with Crippen LogP contribution in [0.1, 0.15) is 46.6 Å². The first-order valence-corrected chi connectivity index (χ1v) is 9.54. The van der Waals surface area contributed by atoms with Crippen LogP contribution < -0.4 is 0 Å². The largest absolute Gasteiger partial charge is 0.380 e. The highest BCUT2D eigenvalue weighted by Gasteiger charge is 2.47. The van der Waals surface area contributed by atoms with Crippen LogP contribution in [0.5, 0.6) is 0 Å². The van der Waals surface area contributed by atoms with Crippen molar-refractivity contribution in [3.8, 4) is 11.8 Å². The van der Waals surface area contributed by atoms with E-state index in [4.69, 9.17) is 10.00 Å². The smallest absolute Gasteiger partial charge is 0.178 e. The van der Waals surface area contributed by atoms with Gasteiger partial charge in [-0.1, -0.05) is 0 Å². The standard InChI is InChI=1S/C22H25N3O2/c1-14-10-19(15(2)25(14)17-6-4-16(12-23)5-7-17)21(26)13-24-18-8-9-20(24)22(11-18)27-3/h4-7,10,18,20,22H,8-9,11,13H2,1-3H3/t18?,20?,22-/m0/s1. The van der Waals surface area contributed by atoms with Crippen LogP contribution in [-0.2, 0) is 4.74 Å². The van der Waals surface area contributed by atoms with Crippen molar-refractivity contribution < 1.29 is 9.53 Å². The highest BCUT2D eigenvalue weighted by Crippen LogP contribution is 2.39. The fraction of sp³-hybridized carbons (Fsp3) is 0.455. The number of ether oxygens (including phenoxy) is 1. The Kier molecular flexibility index (Phi) is 4.63. The molecule has 2 aliphatic heterocycles. The average molecular weight is 363 g/mol. The van der Waals surface area contributed by atoms with E-state index in [1.54, 1.807) is 7.11 Å². The number of carbonyl (C=O) groups excluding carboxylic acids is 1. The summed E-state index contributed by atoms with van der Waals surface area (Å²) in [6.45, 7) is 4.48. The number of hydrogen-bond acceptors (Lipinski definition) is 4. The van der Waals surface area contributed by atoms with Crippen molar-refractivity contribution in [1.29, 1.82) is 5.26 Å². The van der Waals surface area contributed by atoms with Crippen LogP contribution in [0.15, 0.2) is 30.3 Å². The molecule has 2 fully saturated rings. The molecule has 0 spiro atoms. The minimum Gasteiger partial charge on any atom is -0.380 e. The molecule has 140 valence electrons. The second-order valence-corrected chi connectivity index (χ2v) is 7.68. The van der Waals surface area contributed by atoms with E-state index in [2.05, 4.69) is 15.5 Å². The minimum absolute atomic E-state index is 0.177. The summed E-state index contributed by atoms with van der Waals surface area (Å²) >= 11 is 0. The first-order valence-electron chi connectivity index (χ1n) is 9.54. The summed E-state index contributed by atoms with van der Waals surface area (Å²) in [6, 6.07) is 12.5. The minimum atomic E-state index is 0.177. The number of hydrogen-bond donors (Lipinski definition) is 0. The van der Waals surface area contributed by atoms with Gasteiger partial charge in [-0.15, -0.1) is 0 Å². The van der Waals surface area contributed by atoms with Gasteiger partial charge in [0.25, 0.3) is 0 Å². The van der Waals surface area contributed by atoms with E-state index in [0.29, 0.717) is 24.2 Å². The van der Waals surface area contributed by atoms with E-state index in [1.807, 2.05) is 44.2 Å². The van der Waals surface area contributed by atoms with Crippen molar-refractivity contribution in [3.05, 3.63) is 52.8 Å². The van der Waals surface area contributed by atoms with E-state index < -0.39 is 0 Å². The van der Waals surface area contributed by atoms with Crippen molar-refractivity contribution in [2.45, 2.75) is 51.3 Å². The van der Waals surface area contributed by atoms with Crippen molar-refractivity contribution in [3.63, 3.8) is 0 Å². The molecular weight excluding hydrogens is 338 g/mol. The molecule has 3 heterocycles. The zero-order valence-corrected chi connectivity index (χ0v) is 16.1. The molecule has 1 aromatic heterocycles. The Morgan fingerprint density at radius 1 is 1.26 bits per heavy atom. The van der Waals surface area contributed by atoms with E-state index in [0.717, 1.165) is 35.5 Å². The third kappa shape index (κ3) is 2.99. The molecule has 2 aromatic rings. The van der Waals surface area contributed by atoms with Gasteiger partial charge in [0.05, 0.1) is 24.3 Å². The Morgan fingerprint density at radius 2 is 2.00 bits per heavy atom. The molecule has 4 rings (SSSR count). The predicted octanol–water partition coefficient (Wildman–Crippen LogP) is 3.40. The number of nitrogens with zero attached hydrogens (tertiary/aromatic N) is 3. The number of benzene rings is 1. The second kappa shape index (κ2) is 6.95. The third-order valence-electron chi connectivity index (χ3n) is 6.24. The van der Waals surface area contributed by atoms with Gasteiger partial charge in [-0.3, -0.25) is 9.69 Å². The Hall–Kier alpha value is -2.42. The van der Waals surface area contributed by atoms with Crippen molar-refractivity contribution in [2.75, 3.05) is 13.7 Å². The highest BCUT2D eigenvalue weighted by atomic mass is 16.5.